The summed E-state index contributed by atoms with van der Waals surface area (Å²) in [4.78, 5) is 21.0. The molecule has 1 aliphatic carbocycles. The molecule has 7 nitrogen and oxygen atoms in total. The molecule has 2 heterocycles. The molecule has 1 saturated carbocycles. The van der Waals surface area contributed by atoms with Crippen LogP contribution >= 0.6 is 0 Å². The summed E-state index contributed by atoms with van der Waals surface area (Å²) in [6.45, 7) is 2.44. The largest absolute Gasteiger partial charge is 0.491 e. The van der Waals surface area contributed by atoms with Gasteiger partial charge < -0.3 is 20.1 Å². The Balaban J connectivity index is 1.58. The van der Waals surface area contributed by atoms with Crippen LogP contribution in [0.2, 0.25) is 0 Å². The van der Waals surface area contributed by atoms with Gasteiger partial charge in [0.15, 0.2) is 0 Å². The molecule has 1 atom stereocenters. The van der Waals surface area contributed by atoms with Crippen molar-refractivity contribution in [3.8, 4) is 17.6 Å². The van der Waals surface area contributed by atoms with Crippen LogP contribution in [0.4, 0.5) is 11.6 Å². The van der Waals surface area contributed by atoms with Crippen LogP contribution in [0.3, 0.4) is 0 Å². The fourth-order valence-corrected chi connectivity index (χ4v) is 3.13. The lowest BCUT2D eigenvalue weighted by molar-refractivity contribution is -0.117. The molecule has 2 aromatic heterocycles. The van der Waals surface area contributed by atoms with E-state index in [2.05, 4.69) is 32.4 Å². The summed E-state index contributed by atoms with van der Waals surface area (Å²) in [7, 11) is 3.47. The van der Waals surface area contributed by atoms with Gasteiger partial charge in [0.2, 0.25) is 5.91 Å². The van der Waals surface area contributed by atoms with E-state index >= 15 is 0 Å². The number of nitrogens with zero attached hydrogens (tertiary/aromatic N) is 2. The van der Waals surface area contributed by atoms with E-state index in [0.717, 1.165) is 40.5 Å². The van der Waals surface area contributed by atoms with Gasteiger partial charge in [-0.25, -0.2) is 9.97 Å². The van der Waals surface area contributed by atoms with E-state index in [0.29, 0.717) is 18.2 Å². The summed E-state index contributed by atoms with van der Waals surface area (Å²) >= 11 is 0. The van der Waals surface area contributed by atoms with Gasteiger partial charge in [-0.15, -0.1) is 0 Å². The highest BCUT2D eigenvalue weighted by Crippen LogP contribution is 2.31. The number of fused-ring (bicyclic) bond motifs is 1. The maximum absolute atomic E-state index is 12.1. The van der Waals surface area contributed by atoms with E-state index in [9.17, 15) is 4.79 Å². The first kappa shape index (κ1) is 21.6. The molecular formula is C25H26N4O3. The van der Waals surface area contributed by atoms with Crippen LogP contribution in [-0.2, 0) is 9.53 Å². The first-order chi connectivity index (χ1) is 15.6. The van der Waals surface area contributed by atoms with Crippen LogP contribution in [-0.4, -0.2) is 42.7 Å². The van der Waals surface area contributed by atoms with Gasteiger partial charge in [-0.1, -0.05) is 11.8 Å². The van der Waals surface area contributed by atoms with Crippen LogP contribution < -0.4 is 15.4 Å². The van der Waals surface area contributed by atoms with Crippen LogP contribution in [0.25, 0.3) is 10.8 Å². The fraction of sp³-hybridized carbons (Fsp3) is 0.320. The second-order valence-corrected chi connectivity index (χ2v) is 7.78. The predicted octanol–water partition coefficient (Wildman–Crippen LogP) is 3.83. The number of anilines is 2. The molecule has 3 aromatic rings. The number of amides is 1. The van der Waals surface area contributed by atoms with E-state index in [-0.39, 0.29) is 17.9 Å². The average Bonchev–Trinajstić information content (AvgIpc) is 3.67. The summed E-state index contributed by atoms with van der Waals surface area (Å²) in [5.41, 5.74) is 1.62. The molecular weight excluding hydrogens is 404 g/mol. The van der Waals surface area contributed by atoms with E-state index in [1.807, 2.05) is 44.3 Å². The Kier molecular flexibility index (Phi) is 6.52. The number of pyridine rings is 2. The second kappa shape index (κ2) is 9.67. The monoisotopic (exact) mass is 430 g/mol. The highest BCUT2D eigenvalue weighted by atomic mass is 16.5. The molecule has 0 aliphatic heterocycles. The molecule has 1 fully saturated rings. The standard InChI is InChI=1S/C25H26N4O3/c1-16(31-3)15-32-20-10-5-17(6-11-20)4-7-19-13-28-24(26-2)22-14-27-23(12-21(19)22)29-25(30)18-8-9-18/h5-6,10-14,16,18H,8-9,15H2,1-3H3,(H,26,28)(H,27,29,30)/t16-/m1/s1. The lowest BCUT2D eigenvalue weighted by atomic mass is 10.1. The predicted molar refractivity (Wildman–Crippen MR) is 125 cm³/mol. The Bertz CT molecular complexity index is 1180. The zero-order chi connectivity index (χ0) is 22.5. The highest BCUT2D eigenvalue weighted by Gasteiger charge is 2.29. The van der Waals surface area contributed by atoms with Crippen molar-refractivity contribution in [2.24, 2.45) is 5.92 Å². The van der Waals surface area contributed by atoms with Crippen molar-refractivity contribution in [2.45, 2.75) is 25.9 Å². The summed E-state index contributed by atoms with van der Waals surface area (Å²) in [5.74, 6) is 8.54. The average molecular weight is 431 g/mol. The third-order valence-corrected chi connectivity index (χ3v) is 5.29. The van der Waals surface area contributed by atoms with Crippen molar-refractivity contribution in [3.63, 3.8) is 0 Å². The van der Waals surface area contributed by atoms with Gasteiger partial charge in [-0.2, -0.15) is 0 Å². The number of carbonyl (C=O) groups excluding carboxylic acids is 1. The number of carbonyl (C=O) groups is 1. The van der Waals surface area contributed by atoms with Gasteiger partial charge in [-0.3, -0.25) is 4.79 Å². The van der Waals surface area contributed by atoms with E-state index in [4.69, 9.17) is 9.47 Å². The second-order valence-electron chi connectivity index (χ2n) is 7.78. The Labute approximate surface area is 187 Å². The summed E-state index contributed by atoms with van der Waals surface area (Å²) in [5, 5.41) is 7.71. The molecule has 164 valence electrons. The Hall–Kier alpha value is -3.63. The number of methoxy groups -OCH3 is 1. The molecule has 7 heteroatoms. The van der Waals surface area contributed by atoms with Gasteiger partial charge in [0.1, 0.15) is 24.0 Å². The molecule has 1 aliphatic rings. The van der Waals surface area contributed by atoms with E-state index in [1.54, 1.807) is 19.5 Å². The summed E-state index contributed by atoms with van der Waals surface area (Å²) in [6.07, 6.45) is 5.37. The smallest absolute Gasteiger partial charge is 0.228 e. The van der Waals surface area contributed by atoms with Crippen molar-refractivity contribution in [1.29, 1.82) is 0 Å². The van der Waals surface area contributed by atoms with Crippen molar-refractivity contribution < 1.29 is 14.3 Å². The van der Waals surface area contributed by atoms with Gasteiger partial charge in [0.25, 0.3) is 0 Å². The maximum atomic E-state index is 12.1. The number of aromatic nitrogens is 2. The van der Waals surface area contributed by atoms with Gasteiger partial charge in [0.05, 0.1) is 11.7 Å². The molecule has 1 aromatic carbocycles. The summed E-state index contributed by atoms with van der Waals surface area (Å²) in [6, 6.07) is 9.47. The number of hydrogen-bond acceptors (Lipinski definition) is 6. The fourth-order valence-electron chi connectivity index (χ4n) is 3.13. The van der Waals surface area contributed by atoms with Crippen molar-refractivity contribution >= 4 is 28.3 Å². The van der Waals surface area contributed by atoms with Crippen molar-refractivity contribution in [2.75, 3.05) is 31.4 Å². The lowest BCUT2D eigenvalue weighted by Crippen LogP contribution is -2.15. The summed E-state index contributed by atoms with van der Waals surface area (Å²) < 4.78 is 10.9. The zero-order valence-electron chi connectivity index (χ0n) is 18.4. The third-order valence-electron chi connectivity index (χ3n) is 5.29. The topological polar surface area (TPSA) is 85.4 Å². The van der Waals surface area contributed by atoms with Crippen LogP contribution in [0.5, 0.6) is 5.75 Å². The molecule has 1 amide bonds. The minimum absolute atomic E-state index is 0.0228. The highest BCUT2D eigenvalue weighted by molar-refractivity contribution is 5.99. The number of nitrogens with one attached hydrogen (secondary N) is 2. The van der Waals surface area contributed by atoms with E-state index in [1.165, 1.54) is 0 Å². The van der Waals surface area contributed by atoms with E-state index < -0.39 is 0 Å². The van der Waals surface area contributed by atoms with Crippen molar-refractivity contribution in [3.05, 3.63) is 53.9 Å². The molecule has 0 spiro atoms. The number of ether oxygens (including phenoxy) is 2. The third kappa shape index (κ3) is 5.16. The lowest BCUT2D eigenvalue weighted by Gasteiger charge is -2.11. The molecule has 32 heavy (non-hydrogen) atoms. The maximum Gasteiger partial charge on any atom is 0.228 e. The van der Waals surface area contributed by atoms with Gasteiger partial charge in [0, 0.05) is 48.8 Å². The first-order valence-corrected chi connectivity index (χ1v) is 10.6. The molecule has 0 unspecified atom stereocenters. The number of hydrogen-bond donors (Lipinski definition) is 2. The van der Waals surface area contributed by atoms with Gasteiger partial charge in [-0.05, 0) is 50.1 Å². The zero-order valence-corrected chi connectivity index (χ0v) is 18.4. The minimum atomic E-state index is 0.0228. The Morgan fingerprint density at radius 3 is 2.62 bits per heavy atom. The van der Waals surface area contributed by atoms with Crippen LogP contribution in [0.1, 0.15) is 30.9 Å². The Morgan fingerprint density at radius 1 is 1.16 bits per heavy atom. The van der Waals surface area contributed by atoms with Gasteiger partial charge >= 0.3 is 0 Å². The Morgan fingerprint density at radius 2 is 1.94 bits per heavy atom. The molecule has 2 N–H and O–H groups in total. The van der Waals surface area contributed by atoms with Crippen LogP contribution in [0, 0.1) is 17.8 Å². The first-order valence-electron chi connectivity index (χ1n) is 10.6. The molecule has 0 radical (unpaired) electrons. The number of rotatable bonds is 7. The molecule has 0 saturated heterocycles. The van der Waals surface area contributed by atoms with Crippen molar-refractivity contribution in [1.82, 2.24) is 9.97 Å². The minimum Gasteiger partial charge on any atom is -0.491 e. The SMILES string of the molecule is CNc1ncc(C#Cc2ccc(OC[C@@H](C)OC)cc2)c2cc(NC(=O)C3CC3)ncc12. The molecule has 4 rings (SSSR count). The number of benzene rings is 1. The quantitative estimate of drug-likeness (QED) is 0.554. The molecule has 0 bridgehead atoms. The van der Waals surface area contributed by atoms with Crippen LogP contribution in [0.15, 0.2) is 42.7 Å². The normalized spacial score (nSPS) is 13.7.